The Balaban J connectivity index is 0.000000557. The Bertz CT molecular complexity index is 2010. The molecule has 14 heteroatoms. The number of nitriles is 1. The number of nitrogens with two attached hydrogens (primary N) is 2. The van der Waals surface area contributed by atoms with E-state index in [4.69, 9.17) is 32.5 Å². The molecule has 0 amide bonds. The predicted molar refractivity (Wildman–Crippen MR) is 178 cm³/mol. The van der Waals surface area contributed by atoms with Crippen LogP contribution >= 0.6 is 22.9 Å². The maximum absolute atomic E-state index is 16.6. The lowest BCUT2D eigenvalue weighted by Gasteiger charge is -2.30. The van der Waals surface area contributed by atoms with E-state index in [9.17, 15) is 9.65 Å². The Morgan fingerprint density at radius 1 is 1.13 bits per heavy atom. The molecular formula is C32H31ClF2N8O2S. The van der Waals surface area contributed by atoms with Gasteiger partial charge in [0.2, 0.25) is 0 Å². The Morgan fingerprint density at radius 3 is 2.54 bits per heavy atom. The first kappa shape index (κ1) is 31.5. The van der Waals surface area contributed by atoms with Crippen molar-refractivity contribution in [3.05, 3.63) is 58.2 Å². The minimum Gasteiger partial charge on any atom is -0.489 e. The fourth-order valence-electron chi connectivity index (χ4n) is 5.97. The summed E-state index contributed by atoms with van der Waals surface area (Å²) >= 11 is 7.79. The molecule has 10 nitrogen and oxygen atoms in total. The quantitative estimate of drug-likeness (QED) is 0.217. The lowest BCUT2D eigenvalue weighted by Crippen LogP contribution is -2.31. The van der Waals surface area contributed by atoms with Crippen molar-refractivity contribution in [2.24, 2.45) is 0 Å². The SMILES string of the molecule is CN1CCCC1.COc1nc2c3c(c(Cl)c(-c4ccc(F)c5sc(N)c(C#N)c45)c(F)c3n1)OCCN2C(C)c1cccnc1N. The molecule has 4 N–H and O–H groups in total. The van der Waals surface area contributed by atoms with Gasteiger partial charge in [0.25, 0.3) is 0 Å². The van der Waals surface area contributed by atoms with Gasteiger partial charge in [-0.15, -0.1) is 11.3 Å². The van der Waals surface area contributed by atoms with Gasteiger partial charge in [-0.05, 0) is 57.6 Å². The molecule has 238 valence electrons. The van der Waals surface area contributed by atoms with Gasteiger partial charge in [-0.25, -0.2) is 13.8 Å². The lowest BCUT2D eigenvalue weighted by molar-refractivity contribution is 0.328. The third kappa shape index (κ3) is 5.36. The molecular weight excluding hydrogens is 634 g/mol. The van der Waals surface area contributed by atoms with Crippen LogP contribution in [0, 0.1) is 23.0 Å². The second kappa shape index (κ2) is 12.7. The molecule has 1 unspecified atom stereocenters. The van der Waals surface area contributed by atoms with E-state index >= 15 is 4.39 Å². The van der Waals surface area contributed by atoms with Crippen molar-refractivity contribution in [1.29, 1.82) is 5.26 Å². The highest BCUT2D eigenvalue weighted by Crippen LogP contribution is 2.51. The smallest absolute Gasteiger partial charge is 0.318 e. The molecule has 46 heavy (non-hydrogen) atoms. The van der Waals surface area contributed by atoms with Crippen LogP contribution in [0.25, 0.3) is 32.1 Å². The molecule has 0 spiro atoms. The molecule has 1 fully saturated rings. The zero-order chi connectivity index (χ0) is 32.7. The minimum atomic E-state index is -0.814. The number of nitrogen functional groups attached to an aromatic ring is 2. The first-order chi connectivity index (χ1) is 22.2. The topological polar surface area (TPSA) is 139 Å². The summed E-state index contributed by atoms with van der Waals surface area (Å²) in [5.74, 6) is -0.570. The van der Waals surface area contributed by atoms with Gasteiger partial charge in [0.05, 0.1) is 40.4 Å². The fourth-order valence-corrected chi connectivity index (χ4v) is 7.25. The summed E-state index contributed by atoms with van der Waals surface area (Å²) in [6.45, 7) is 5.06. The Labute approximate surface area is 273 Å². The highest BCUT2D eigenvalue weighted by Gasteiger charge is 2.33. The van der Waals surface area contributed by atoms with E-state index in [1.807, 2.05) is 24.0 Å². The van der Waals surface area contributed by atoms with Gasteiger partial charge in [0, 0.05) is 22.7 Å². The number of ether oxygens (including phenoxy) is 2. The van der Waals surface area contributed by atoms with Crippen molar-refractivity contribution in [3.8, 4) is 29.0 Å². The van der Waals surface area contributed by atoms with Crippen LogP contribution in [-0.2, 0) is 0 Å². The van der Waals surface area contributed by atoms with Crippen LogP contribution in [0.3, 0.4) is 0 Å². The van der Waals surface area contributed by atoms with Crippen molar-refractivity contribution >= 4 is 60.6 Å². The fraction of sp³-hybridized carbons (Fsp3) is 0.312. The van der Waals surface area contributed by atoms with Gasteiger partial charge in [0.1, 0.15) is 40.6 Å². The number of pyridine rings is 1. The van der Waals surface area contributed by atoms with E-state index in [0.29, 0.717) is 18.2 Å². The molecule has 1 atom stereocenters. The van der Waals surface area contributed by atoms with Crippen molar-refractivity contribution in [1.82, 2.24) is 19.9 Å². The van der Waals surface area contributed by atoms with E-state index in [1.165, 1.54) is 45.2 Å². The van der Waals surface area contributed by atoms with E-state index in [1.54, 1.807) is 12.3 Å². The Hall–Kier alpha value is -4.51. The van der Waals surface area contributed by atoms with Gasteiger partial charge in [-0.3, -0.25) is 0 Å². The second-order valence-electron chi connectivity index (χ2n) is 11.0. The summed E-state index contributed by atoms with van der Waals surface area (Å²) < 4.78 is 43.0. The van der Waals surface area contributed by atoms with Gasteiger partial charge in [0.15, 0.2) is 11.6 Å². The number of nitrogens with zero attached hydrogens (tertiary/aromatic N) is 6. The van der Waals surface area contributed by atoms with Gasteiger partial charge < -0.3 is 30.7 Å². The molecule has 0 radical (unpaired) electrons. The summed E-state index contributed by atoms with van der Waals surface area (Å²) in [5.41, 5.74) is 12.9. The standard InChI is InChI=1S/C27H20ClF2N7O2S.C5H11N/c1-11(12-4-3-7-34-24(12)32)37-8-9-39-22-18-21(35-27(38-2)36-26(18)37)20(30)17(19(22)28)13-5-6-15(29)23-16(13)14(10-31)25(33)40-23;1-6-4-2-3-5-6/h3-7,11H,8-9,33H2,1-2H3,(H2,32,34);2-5H2,1H3. The molecule has 5 aromatic rings. The van der Waals surface area contributed by atoms with Crippen LogP contribution in [-0.4, -0.2) is 60.3 Å². The molecule has 0 saturated carbocycles. The average Bonchev–Trinajstić information content (AvgIpc) is 3.61. The third-order valence-corrected chi connectivity index (χ3v) is 9.68. The maximum Gasteiger partial charge on any atom is 0.318 e. The number of fused-ring (bicyclic) bond motifs is 1. The summed E-state index contributed by atoms with van der Waals surface area (Å²) in [4.78, 5) is 17.3. The summed E-state index contributed by atoms with van der Waals surface area (Å²) in [6.07, 6.45) is 4.42. The summed E-state index contributed by atoms with van der Waals surface area (Å²) in [7, 11) is 3.55. The summed E-state index contributed by atoms with van der Waals surface area (Å²) in [5, 5.41) is 10.2. The van der Waals surface area contributed by atoms with E-state index in [2.05, 4.69) is 26.9 Å². The molecule has 0 bridgehead atoms. The zero-order valence-electron chi connectivity index (χ0n) is 25.4. The average molecular weight is 665 g/mol. The predicted octanol–water partition coefficient (Wildman–Crippen LogP) is 6.55. The second-order valence-corrected chi connectivity index (χ2v) is 12.5. The molecule has 3 aromatic heterocycles. The van der Waals surface area contributed by atoms with Gasteiger partial charge >= 0.3 is 6.01 Å². The van der Waals surface area contributed by atoms with Crippen LogP contribution < -0.4 is 25.8 Å². The number of hydrogen-bond acceptors (Lipinski definition) is 11. The number of aromatic nitrogens is 3. The van der Waals surface area contributed by atoms with Crippen LogP contribution in [0.5, 0.6) is 11.8 Å². The molecule has 7 rings (SSSR count). The number of likely N-dealkylation sites (tertiary alicyclic amines) is 1. The minimum absolute atomic E-state index is 0.0341. The van der Waals surface area contributed by atoms with Gasteiger partial charge in [-0.2, -0.15) is 15.2 Å². The van der Waals surface area contributed by atoms with Crippen LogP contribution in [0.15, 0.2) is 30.5 Å². The monoisotopic (exact) mass is 664 g/mol. The van der Waals surface area contributed by atoms with Gasteiger partial charge in [-0.1, -0.05) is 23.7 Å². The molecule has 0 aliphatic carbocycles. The molecule has 1 saturated heterocycles. The van der Waals surface area contributed by atoms with Crippen molar-refractivity contribution in [3.63, 3.8) is 0 Å². The maximum atomic E-state index is 16.6. The highest BCUT2D eigenvalue weighted by atomic mass is 35.5. The number of hydrogen-bond donors (Lipinski definition) is 2. The number of benzene rings is 2. The normalized spacial score (nSPS) is 15.2. The molecule has 2 aliphatic rings. The number of rotatable bonds is 4. The molecule has 2 aromatic carbocycles. The van der Waals surface area contributed by atoms with Crippen LogP contribution in [0.1, 0.15) is 36.9 Å². The number of thiophene rings is 1. The number of methoxy groups -OCH3 is 1. The molecule has 2 aliphatic heterocycles. The first-order valence-electron chi connectivity index (χ1n) is 14.6. The third-order valence-electron chi connectivity index (χ3n) is 8.29. The number of halogens is 3. The van der Waals surface area contributed by atoms with Crippen LogP contribution in [0.2, 0.25) is 5.02 Å². The Morgan fingerprint density at radius 2 is 1.89 bits per heavy atom. The van der Waals surface area contributed by atoms with E-state index in [-0.39, 0.29) is 72.1 Å². The number of anilines is 3. The van der Waals surface area contributed by atoms with Crippen molar-refractivity contribution < 1.29 is 18.3 Å². The summed E-state index contributed by atoms with van der Waals surface area (Å²) in [6, 6.07) is 7.76. The van der Waals surface area contributed by atoms with Crippen molar-refractivity contribution in [2.45, 2.75) is 25.8 Å². The van der Waals surface area contributed by atoms with E-state index in [0.717, 1.165) is 16.9 Å². The Kier molecular flexibility index (Phi) is 8.69. The van der Waals surface area contributed by atoms with E-state index < -0.39 is 11.6 Å². The first-order valence-corrected chi connectivity index (χ1v) is 15.8. The van der Waals surface area contributed by atoms with Crippen molar-refractivity contribution in [2.75, 3.05) is 56.8 Å². The largest absolute Gasteiger partial charge is 0.489 e. The molecule has 5 heterocycles. The van der Waals surface area contributed by atoms with Crippen LogP contribution in [0.4, 0.5) is 25.4 Å². The lowest BCUT2D eigenvalue weighted by atomic mass is 9.96. The zero-order valence-corrected chi connectivity index (χ0v) is 27.0. The highest BCUT2D eigenvalue weighted by molar-refractivity contribution is 7.23.